The lowest BCUT2D eigenvalue weighted by Gasteiger charge is -2.60. The Bertz CT molecular complexity index is 956. The highest BCUT2D eigenvalue weighted by molar-refractivity contribution is 5.93. The predicted molar refractivity (Wildman–Crippen MR) is 122 cm³/mol. The number of ketones is 2. The van der Waals surface area contributed by atoms with Crippen molar-refractivity contribution >= 4 is 23.5 Å². The first-order chi connectivity index (χ1) is 16.2. The van der Waals surface area contributed by atoms with Gasteiger partial charge in [-0.25, -0.2) is 0 Å². The number of aliphatic hydroxyl groups is 3. The number of hydrogen-bond acceptors (Lipinski definition) is 7. The third-order valence-corrected chi connectivity index (χ3v) is 10.0. The normalized spacial score (nSPS) is 41.4. The Balaban J connectivity index is 1.64. The molecule has 0 aromatic rings. The van der Waals surface area contributed by atoms with Crippen molar-refractivity contribution < 1.29 is 44.7 Å². The van der Waals surface area contributed by atoms with Crippen LogP contribution in [0.5, 0.6) is 0 Å². The fourth-order valence-electron chi connectivity index (χ4n) is 8.30. The number of allylic oxidation sites excluding steroid dienone is 1. The Labute approximate surface area is 204 Å². The zero-order chi connectivity index (χ0) is 25.9. The van der Waals surface area contributed by atoms with Crippen LogP contribution in [-0.4, -0.2) is 66.8 Å². The van der Waals surface area contributed by atoms with E-state index in [0.29, 0.717) is 19.3 Å². The lowest BCUT2D eigenvalue weighted by Crippen LogP contribution is -2.63. The summed E-state index contributed by atoms with van der Waals surface area (Å²) in [5.41, 5.74) is -2.30. The summed E-state index contributed by atoms with van der Waals surface area (Å²) in [4.78, 5) is 48.0. The molecule has 0 spiro atoms. The van der Waals surface area contributed by atoms with Crippen LogP contribution in [0.25, 0.3) is 0 Å². The summed E-state index contributed by atoms with van der Waals surface area (Å²) in [5.74, 6) is -5.09. The third-order valence-electron chi connectivity index (χ3n) is 10.0. The number of Topliss-reactive ketones (excluding diaryl/α,β-unsaturated/α-hetero) is 1. The van der Waals surface area contributed by atoms with Crippen molar-refractivity contribution in [1.29, 1.82) is 0 Å². The molecule has 0 radical (unpaired) electrons. The van der Waals surface area contributed by atoms with E-state index in [1.807, 2.05) is 0 Å². The number of carboxylic acids is 2. The first-order valence-electron chi connectivity index (χ1n) is 12.5. The van der Waals surface area contributed by atoms with E-state index in [1.165, 1.54) is 0 Å². The van der Waals surface area contributed by atoms with E-state index in [0.717, 1.165) is 18.4 Å². The summed E-state index contributed by atoms with van der Waals surface area (Å²) in [6.45, 7) is 3.86. The van der Waals surface area contributed by atoms with Crippen molar-refractivity contribution in [2.45, 2.75) is 89.4 Å². The molecule has 5 N–H and O–H groups in total. The van der Waals surface area contributed by atoms with E-state index in [4.69, 9.17) is 10.2 Å². The molecule has 0 amide bonds. The Hall–Kier alpha value is -2.10. The summed E-state index contributed by atoms with van der Waals surface area (Å²) >= 11 is 0. The van der Waals surface area contributed by atoms with E-state index >= 15 is 0 Å². The van der Waals surface area contributed by atoms with E-state index in [2.05, 4.69) is 6.92 Å². The Morgan fingerprint density at radius 3 is 2.29 bits per heavy atom. The van der Waals surface area contributed by atoms with E-state index in [-0.39, 0.29) is 41.8 Å². The molecular formula is C26H36O9. The summed E-state index contributed by atoms with van der Waals surface area (Å²) in [7, 11) is 0. The predicted octanol–water partition coefficient (Wildman–Crippen LogP) is 1.72. The second-order valence-corrected chi connectivity index (χ2v) is 11.7. The summed E-state index contributed by atoms with van der Waals surface area (Å²) in [6.07, 6.45) is 0.774. The molecule has 194 valence electrons. The Morgan fingerprint density at radius 2 is 1.69 bits per heavy atom. The van der Waals surface area contributed by atoms with Crippen molar-refractivity contribution in [2.24, 2.45) is 34.5 Å². The molecule has 0 aromatic heterocycles. The number of hydrogen-bond donors (Lipinski definition) is 5. The Morgan fingerprint density at radius 1 is 1.06 bits per heavy atom. The zero-order valence-corrected chi connectivity index (χ0v) is 20.3. The van der Waals surface area contributed by atoms with Gasteiger partial charge < -0.3 is 25.5 Å². The van der Waals surface area contributed by atoms with Gasteiger partial charge in [0, 0.05) is 17.8 Å². The SMILES string of the molecule is C[C@]12CCC(=O)C=C1CC[C@@H]1[C@@H]2[C@@H](O)C[C@@]2(C)[C@H]1CC[C@]2(O)C(=O)C(O)C(CC(=O)O)CC(=O)O. The summed E-state index contributed by atoms with van der Waals surface area (Å²) in [6, 6.07) is 0. The van der Waals surface area contributed by atoms with Crippen molar-refractivity contribution in [3.63, 3.8) is 0 Å². The number of aliphatic hydroxyl groups excluding tert-OH is 2. The number of carboxylic acid groups (broad SMARTS) is 2. The van der Waals surface area contributed by atoms with Crippen LogP contribution in [-0.2, 0) is 19.2 Å². The monoisotopic (exact) mass is 492 g/mol. The lowest BCUT2D eigenvalue weighted by atomic mass is 9.45. The second-order valence-electron chi connectivity index (χ2n) is 11.7. The molecule has 0 heterocycles. The van der Waals surface area contributed by atoms with Crippen molar-refractivity contribution in [3.05, 3.63) is 11.6 Å². The van der Waals surface area contributed by atoms with Gasteiger partial charge in [0.05, 0.1) is 18.9 Å². The van der Waals surface area contributed by atoms with Gasteiger partial charge >= 0.3 is 11.9 Å². The van der Waals surface area contributed by atoms with Crippen LogP contribution < -0.4 is 0 Å². The maximum absolute atomic E-state index is 13.5. The molecule has 0 bridgehead atoms. The molecule has 8 atom stereocenters. The Kier molecular flexibility index (Phi) is 6.52. The minimum absolute atomic E-state index is 0.0203. The van der Waals surface area contributed by atoms with Gasteiger partial charge in [-0.05, 0) is 67.8 Å². The molecule has 0 aliphatic heterocycles. The molecule has 4 aliphatic rings. The molecule has 0 aromatic carbocycles. The van der Waals surface area contributed by atoms with Crippen LogP contribution in [0, 0.1) is 34.5 Å². The molecular weight excluding hydrogens is 456 g/mol. The molecule has 1 unspecified atom stereocenters. The maximum Gasteiger partial charge on any atom is 0.303 e. The summed E-state index contributed by atoms with van der Waals surface area (Å²) < 4.78 is 0. The van der Waals surface area contributed by atoms with Crippen molar-refractivity contribution in [1.82, 2.24) is 0 Å². The lowest BCUT2D eigenvalue weighted by molar-refractivity contribution is -0.188. The van der Waals surface area contributed by atoms with E-state index < -0.39 is 59.7 Å². The molecule has 0 saturated heterocycles. The number of carbonyl (C=O) groups excluding carboxylic acids is 2. The second kappa shape index (κ2) is 8.78. The fraction of sp³-hybridized carbons (Fsp3) is 0.769. The minimum Gasteiger partial charge on any atom is -0.481 e. The van der Waals surface area contributed by atoms with Gasteiger partial charge in [0.2, 0.25) is 0 Å². The number of rotatable bonds is 7. The van der Waals surface area contributed by atoms with Crippen molar-refractivity contribution in [2.75, 3.05) is 0 Å². The average molecular weight is 493 g/mol. The van der Waals surface area contributed by atoms with Gasteiger partial charge in [-0.15, -0.1) is 0 Å². The van der Waals surface area contributed by atoms with Gasteiger partial charge in [-0.2, -0.15) is 0 Å². The largest absolute Gasteiger partial charge is 0.481 e. The molecule has 35 heavy (non-hydrogen) atoms. The van der Waals surface area contributed by atoms with E-state index in [1.54, 1.807) is 13.0 Å². The van der Waals surface area contributed by atoms with Crippen LogP contribution in [0.1, 0.15) is 71.6 Å². The molecule has 3 saturated carbocycles. The van der Waals surface area contributed by atoms with Crippen molar-refractivity contribution in [3.8, 4) is 0 Å². The first kappa shape index (κ1) is 26.0. The van der Waals surface area contributed by atoms with Crippen LogP contribution in [0.15, 0.2) is 11.6 Å². The van der Waals surface area contributed by atoms with Crippen LogP contribution >= 0.6 is 0 Å². The fourth-order valence-corrected chi connectivity index (χ4v) is 8.30. The molecule has 9 nitrogen and oxygen atoms in total. The average Bonchev–Trinajstić information content (AvgIpc) is 3.03. The highest BCUT2D eigenvalue weighted by atomic mass is 16.4. The summed E-state index contributed by atoms with van der Waals surface area (Å²) in [5, 5.41) is 52.3. The number of aliphatic carboxylic acids is 2. The highest BCUT2D eigenvalue weighted by Crippen LogP contribution is 2.67. The van der Waals surface area contributed by atoms with Gasteiger partial charge in [0.1, 0.15) is 11.7 Å². The van der Waals surface area contributed by atoms with Gasteiger partial charge in [-0.3, -0.25) is 19.2 Å². The van der Waals surface area contributed by atoms with Crippen LogP contribution in [0.3, 0.4) is 0 Å². The molecule has 9 heteroatoms. The maximum atomic E-state index is 13.5. The number of carbonyl (C=O) groups is 4. The quantitative estimate of drug-likeness (QED) is 0.355. The minimum atomic E-state index is -2.00. The molecule has 4 aliphatic carbocycles. The van der Waals surface area contributed by atoms with Gasteiger partial charge in [0.15, 0.2) is 11.6 Å². The van der Waals surface area contributed by atoms with E-state index in [9.17, 15) is 34.5 Å². The first-order valence-corrected chi connectivity index (χ1v) is 12.5. The highest BCUT2D eigenvalue weighted by Gasteiger charge is 2.69. The standard InChI is InChI=1S/C26H36O9/c1-24-7-5-15(27)11-14(24)3-4-16-17-6-8-26(35,25(17,2)12-18(28)21(16)24)23(34)22(33)13(9-19(29)30)10-20(31)32/h11,13,16-18,21-22,28,33,35H,3-10,12H2,1-2H3,(H,29,30)(H,31,32)/t16-,17-,18-,21+,22?,24-,25-,26-/m0/s1. The van der Waals surface area contributed by atoms with Crippen LogP contribution in [0.4, 0.5) is 0 Å². The topological polar surface area (TPSA) is 169 Å². The zero-order valence-electron chi connectivity index (χ0n) is 20.3. The molecule has 3 fully saturated rings. The third kappa shape index (κ3) is 3.96. The smallest absolute Gasteiger partial charge is 0.303 e. The molecule has 4 rings (SSSR count). The number of fused-ring (bicyclic) bond motifs is 5. The van der Waals surface area contributed by atoms with Crippen LogP contribution in [0.2, 0.25) is 0 Å². The van der Waals surface area contributed by atoms with Gasteiger partial charge in [-0.1, -0.05) is 19.4 Å². The van der Waals surface area contributed by atoms with Gasteiger partial charge in [0.25, 0.3) is 0 Å².